The number of oxime groups is 1. The van der Waals surface area contributed by atoms with Gasteiger partial charge in [0.05, 0.1) is 12.4 Å². The predicted molar refractivity (Wildman–Crippen MR) is 51.1 cm³/mol. The van der Waals surface area contributed by atoms with Gasteiger partial charge in [-0.15, -0.1) is 0 Å². The third-order valence-corrected chi connectivity index (χ3v) is 1.83. The third-order valence-electron chi connectivity index (χ3n) is 1.83. The predicted octanol–water partition coefficient (Wildman–Crippen LogP) is 1.44. The Morgan fingerprint density at radius 1 is 1.15 bits per heavy atom. The quantitative estimate of drug-likeness (QED) is 0.290. The van der Waals surface area contributed by atoms with E-state index in [9.17, 15) is 26.3 Å². The number of amidine groups is 1. The maximum atomic E-state index is 12.2. The molecule has 3 N–H and O–H groups in total. The second kappa shape index (κ2) is 5.38. The molecular weight excluding hydrogens is 298 g/mol. The minimum Gasteiger partial charge on any atom is -0.454 e. The monoisotopic (exact) mass is 304 g/mol. The summed E-state index contributed by atoms with van der Waals surface area (Å²) in [5.74, 6) is -1.54. The summed E-state index contributed by atoms with van der Waals surface area (Å²) in [5, 5.41) is 10.8. The summed E-state index contributed by atoms with van der Waals surface area (Å²) in [6, 6.07) is 0. The molecule has 1 rings (SSSR count). The van der Waals surface area contributed by atoms with Gasteiger partial charge < -0.3 is 15.7 Å². The maximum absolute atomic E-state index is 12.2. The van der Waals surface area contributed by atoms with Crippen LogP contribution in [0.5, 0.6) is 5.88 Å². The van der Waals surface area contributed by atoms with E-state index in [4.69, 9.17) is 10.9 Å². The molecule has 12 heteroatoms. The van der Waals surface area contributed by atoms with Crippen molar-refractivity contribution >= 4 is 5.84 Å². The number of hydrogen-bond acceptors (Lipinski definition) is 5. The lowest BCUT2D eigenvalue weighted by atomic mass is 10.3. The van der Waals surface area contributed by atoms with Gasteiger partial charge in [0.15, 0.2) is 5.84 Å². The van der Waals surface area contributed by atoms with Crippen LogP contribution in [0.25, 0.3) is 0 Å². The molecule has 0 saturated carbocycles. The Balaban J connectivity index is 2.96. The van der Waals surface area contributed by atoms with Crippen LogP contribution in [-0.2, 0) is 0 Å². The molecule has 1 aromatic heterocycles. The minimum absolute atomic E-state index is 0.254. The van der Waals surface area contributed by atoms with E-state index in [-0.39, 0.29) is 5.69 Å². The fourth-order valence-corrected chi connectivity index (χ4v) is 1.00. The Labute approximate surface area is 106 Å². The number of rotatable bonds is 3. The molecule has 1 aromatic rings. The fourth-order valence-electron chi connectivity index (χ4n) is 1.00. The summed E-state index contributed by atoms with van der Waals surface area (Å²) in [5.41, 5.74) is 4.83. The standard InChI is InChI=1S/C8H6F6N4O2/c9-7(10,11)6(8(12,13)14)20-4-2-16-3(1-17-4)5(15)18-19/h1-2,6,19H,(H2,15,18). The number of halogens is 6. The molecule has 0 saturated heterocycles. The van der Waals surface area contributed by atoms with Crippen LogP contribution in [-0.4, -0.2) is 39.5 Å². The highest BCUT2D eigenvalue weighted by Gasteiger charge is 2.59. The van der Waals surface area contributed by atoms with Gasteiger partial charge in [0, 0.05) is 0 Å². The van der Waals surface area contributed by atoms with Crippen molar-refractivity contribution in [1.29, 1.82) is 0 Å². The van der Waals surface area contributed by atoms with E-state index in [1.165, 1.54) is 0 Å². The molecule has 0 amide bonds. The topological polar surface area (TPSA) is 93.6 Å². The van der Waals surface area contributed by atoms with Crippen molar-refractivity contribution < 1.29 is 36.3 Å². The molecule has 0 radical (unpaired) electrons. The number of hydrogen-bond donors (Lipinski definition) is 2. The first kappa shape index (κ1) is 15.8. The van der Waals surface area contributed by atoms with Crippen molar-refractivity contribution in [3.8, 4) is 5.88 Å². The molecular formula is C8H6F6N4O2. The first-order chi connectivity index (χ1) is 9.05. The maximum Gasteiger partial charge on any atom is 0.434 e. The van der Waals surface area contributed by atoms with Crippen LogP contribution in [0, 0.1) is 0 Å². The molecule has 0 unspecified atom stereocenters. The molecule has 0 aliphatic carbocycles. The van der Waals surface area contributed by atoms with Gasteiger partial charge in [-0.3, -0.25) is 0 Å². The van der Waals surface area contributed by atoms with Crippen molar-refractivity contribution in [3.63, 3.8) is 0 Å². The first-order valence-corrected chi connectivity index (χ1v) is 4.65. The average Bonchev–Trinajstić information content (AvgIpc) is 2.33. The molecule has 0 fully saturated rings. The van der Waals surface area contributed by atoms with Crippen molar-refractivity contribution in [2.45, 2.75) is 18.5 Å². The molecule has 20 heavy (non-hydrogen) atoms. The van der Waals surface area contributed by atoms with Gasteiger partial charge in [0.1, 0.15) is 5.69 Å². The molecule has 112 valence electrons. The molecule has 0 spiro atoms. The zero-order chi connectivity index (χ0) is 15.6. The molecule has 6 nitrogen and oxygen atoms in total. The van der Waals surface area contributed by atoms with Crippen molar-refractivity contribution in [1.82, 2.24) is 9.97 Å². The first-order valence-electron chi connectivity index (χ1n) is 4.65. The Bertz CT molecular complexity index is 469. The number of ether oxygens (including phenoxy) is 1. The van der Waals surface area contributed by atoms with Crippen molar-refractivity contribution in [2.75, 3.05) is 0 Å². The van der Waals surface area contributed by atoms with E-state index in [2.05, 4.69) is 19.9 Å². The van der Waals surface area contributed by atoms with E-state index in [1.54, 1.807) is 0 Å². The van der Waals surface area contributed by atoms with E-state index in [0.29, 0.717) is 12.4 Å². The zero-order valence-corrected chi connectivity index (χ0v) is 9.27. The van der Waals surface area contributed by atoms with E-state index < -0.39 is 30.2 Å². The third kappa shape index (κ3) is 3.86. The molecule has 0 aromatic carbocycles. The zero-order valence-electron chi connectivity index (χ0n) is 9.27. The smallest absolute Gasteiger partial charge is 0.434 e. The van der Waals surface area contributed by atoms with Gasteiger partial charge in [0.2, 0.25) is 5.88 Å². The molecule has 0 atom stereocenters. The number of nitrogens with zero attached hydrogens (tertiary/aromatic N) is 3. The van der Waals surface area contributed by atoms with Crippen LogP contribution in [0.3, 0.4) is 0 Å². The van der Waals surface area contributed by atoms with E-state index in [0.717, 1.165) is 0 Å². The largest absolute Gasteiger partial charge is 0.454 e. The SMILES string of the molecule is NC(=NO)c1cnc(OC(C(F)(F)F)C(F)(F)F)cn1. The second-order valence-electron chi connectivity index (χ2n) is 3.31. The Morgan fingerprint density at radius 3 is 2.05 bits per heavy atom. The van der Waals surface area contributed by atoms with Crippen LogP contribution in [0.2, 0.25) is 0 Å². The summed E-state index contributed by atoms with van der Waals surface area (Å²) in [6.07, 6.45) is -14.2. The van der Waals surface area contributed by atoms with Gasteiger partial charge in [-0.2, -0.15) is 26.3 Å². The van der Waals surface area contributed by atoms with Crippen molar-refractivity contribution in [2.24, 2.45) is 10.9 Å². The highest BCUT2D eigenvalue weighted by Crippen LogP contribution is 2.35. The molecule has 0 bridgehead atoms. The number of aromatic nitrogens is 2. The highest BCUT2D eigenvalue weighted by atomic mass is 19.4. The van der Waals surface area contributed by atoms with Gasteiger partial charge >= 0.3 is 12.4 Å². The van der Waals surface area contributed by atoms with Gasteiger partial charge in [-0.1, -0.05) is 5.16 Å². The molecule has 0 aliphatic rings. The lowest BCUT2D eigenvalue weighted by molar-refractivity contribution is -0.300. The minimum atomic E-state index is -5.66. The second-order valence-corrected chi connectivity index (χ2v) is 3.31. The Kier molecular flexibility index (Phi) is 4.25. The Hall–Kier alpha value is -2.27. The van der Waals surface area contributed by atoms with Gasteiger partial charge in [0.25, 0.3) is 6.10 Å². The highest BCUT2D eigenvalue weighted by molar-refractivity contribution is 5.94. The fraction of sp³-hybridized carbons (Fsp3) is 0.375. The van der Waals surface area contributed by atoms with Crippen LogP contribution in [0.15, 0.2) is 17.5 Å². The summed E-state index contributed by atoms with van der Waals surface area (Å²) in [4.78, 5) is 6.49. The van der Waals surface area contributed by atoms with E-state index >= 15 is 0 Å². The summed E-state index contributed by atoms with van der Waals surface area (Å²) in [7, 11) is 0. The van der Waals surface area contributed by atoms with Crippen LogP contribution >= 0.6 is 0 Å². The number of nitrogens with two attached hydrogens (primary N) is 1. The van der Waals surface area contributed by atoms with E-state index in [1.807, 2.05) is 0 Å². The lowest BCUT2D eigenvalue weighted by Crippen LogP contribution is -2.46. The van der Waals surface area contributed by atoms with Crippen LogP contribution < -0.4 is 10.5 Å². The van der Waals surface area contributed by atoms with Crippen LogP contribution in [0.1, 0.15) is 5.69 Å². The van der Waals surface area contributed by atoms with Crippen LogP contribution in [0.4, 0.5) is 26.3 Å². The summed E-state index contributed by atoms with van der Waals surface area (Å²) >= 11 is 0. The van der Waals surface area contributed by atoms with Crippen molar-refractivity contribution in [3.05, 3.63) is 18.1 Å². The van der Waals surface area contributed by atoms with Gasteiger partial charge in [-0.05, 0) is 0 Å². The average molecular weight is 304 g/mol. The number of alkyl halides is 6. The summed E-state index contributed by atoms with van der Waals surface area (Å²) in [6.45, 7) is 0. The molecule has 0 aliphatic heterocycles. The normalized spacial score (nSPS) is 13.7. The van der Waals surface area contributed by atoms with Gasteiger partial charge in [-0.25, -0.2) is 9.97 Å². The molecule has 1 heterocycles. The lowest BCUT2D eigenvalue weighted by Gasteiger charge is -2.22. The Morgan fingerprint density at radius 2 is 1.70 bits per heavy atom. The summed E-state index contributed by atoms with van der Waals surface area (Å²) < 4.78 is 76.9.